The molecular weight excluding hydrogens is 441 g/mol. The number of rotatable bonds is 4. The molecule has 1 N–H and O–H groups in total. The first-order chi connectivity index (χ1) is 14.6. The minimum atomic E-state index is -4.73. The smallest absolute Gasteiger partial charge is 0.416 e. The van der Waals surface area contributed by atoms with Gasteiger partial charge in [-0.05, 0) is 42.0 Å². The van der Waals surface area contributed by atoms with Crippen LogP contribution in [0.25, 0.3) is 6.08 Å². The van der Waals surface area contributed by atoms with Crippen molar-refractivity contribution in [1.29, 1.82) is 0 Å². The topological polar surface area (TPSA) is 84.9 Å². The number of benzene rings is 2. The summed E-state index contributed by atoms with van der Waals surface area (Å²) in [5.41, 5.74) is -1.76. The maximum absolute atomic E-state index is 13.1. The molecule has 0 atom stereocenters. The number of anilines is 1. The molecule has 2 aromatic rings. The quantitative estimate of drug-likeness (QED) is 0.556. The zero-order chi connectivity index (χ0) is 22.9. The van der Waals surface area contributed by atoms with Crippen molar-refractivity contribution in [2.24, 2.45) is 0 Å². The number of alkyl halides is 3. The molecule has 11 heteroatoms. The fourth-order valence-corrected chi connectivity index (χ4v) is 3.05. The Morgan fingerprint density at radius 2 is 1.68 bits per heavy atom. The van der Waals surface area contributed by atoms with E-state index in [1.165, 1.54) is 38.5 Å². The first-order valence-electron chi connectivity index (χ1n) is 8.57. The Balaban J connectivity index is 2.07. The molecule has 7 nitrogen and oxygen atoms in total. The summed E-state index contributed by atoms with van der Waals surface area (Å²) in [6, 6.07) is 5.49. The molecule has 4 amide bonds. The van der Waals surface area contributed by atoms with E-state index in [9.17, 15) is 27.6 Å². The van der Waals surface area contributed by atoms with Gasteiger partial charge in [0.05, 0.1) is 30.5 Å². The SMILES string of the molecule is COc1ccc(/C=C2\C(=O)NC(=O)N(c3cc(C(F)(F)F)ccc3Cl)C2=O)cc1OC. The van der Waals surface area contributed by atoms with E-state index < -0.39 is 40.8 Å². The van der Waals surface area contributed by atoms with E-state index in [1.54, 1.807) is 0 Å². The fraction of sp³-hybridized carbons (Fsp3) is 0.150. The molecule has 1 fully saturated rings. The second kappa shape index (κ2) is 8.31. The van der Waals surface area contributed by atoms with E-state index in [-0.39, 0.29) is 5.02 Å². The van der Waals surface area contributed by atoms with E-state index in [0.717, 1.165) is 6.07 Å². The van der Waals surface area contributed by atoms with Crippen LogP contribution in [0.15, 0.2) is 42.0 Å². The number of carbonyl (C=O) groups excluding carboxylic acids is 3. The molecule has 0 unspecified atom stereocenters. The number of imide groups is 2. The van der Waals surface area contributed by atoms with Gasteiger partial charge in [-0.25, -0.2) is 9.69 Å². The van der Waals surface area contributed by atoms with Gasteiger partial charge in [-0.15, -0.1) is 0 Å². The summed E-state index contributed by atoms with van der Waals surface area (Å²) in [5, 5.41) is 1.65. The van der Waals surface area contributed by atoms with Crippen molar-refractivity contribution in [2.75, 3.05) is 19.1 Å². The first-order valence-corrected chi connectivity index (χ1v) is 8.95. The lowest BCUT2D eigenvalue weighted by molar-refractivity contribution is -0.137. The standard InChI is InChI=1S/C20H14ClF3N2O5/c1-30-15-6-3-10(8-16(15)31-2)7-12-17(27)25-19(29)26(18(12)28)14-9-11(20(22,23)24)4-5-13(14)21/h3-9H,1-2H3,(H,25,27,29)/b12-7+. The Morgan fingerprint density at radius 3 is 2.29 bits per heavy atom. The van der Waals surface area contributed by atoms with Crippen molar-refractivity contribution < 1.29 is 37.0 Å². The molecule has 1 aliphatic rings. The lowest BCUT2D eigenvalue weighted by Crippen LogP contribution is -2.54. The molecule has 1 aliphatic heterocycles. The van der Waals surface area contributed by atoms with Crippen molar-refractivity contribution in [3.8, 4) is 11.5 Å². The monoisotopic (exact) mass is 454 g/mol. The molecular formula is C20H14ClF3N2O5. The maximum atomic E-state index is 13.1. The van der Waals surface area contributed by atoms with Crippen molar-refractivity contribution >= 4 is 41.2 Å². The Labute approximate surface area is 179 Å². The van der Waals surface area contributed by atoms with Crippen LogP contribution >= 0.6 is 11.6 Å². The van der Waals surface area contributed by atoms with E-state index in [4.69, 9.17) is 21.1 Å². The van der Waals surface area contributed by atoms with Crippen LogP contribution in [0.5, 0.6) is 11.5 Å². The van der Waals surface area contributed by atoms with Crippen LogP contribution in [0, 0.1) is 0 Å². The molecule has 0 radical (unpaired) electrons. The minimum absolute atomic E-state index is 0.281. The van der Waals surface area contributed by atoms with Crippen LogP contribution in [0.1, 0.15) is 11.1 Å². The zero-order valence-corrected chi connectivity index (χ0v) is 16.8. The second-order valence-electron chi connectivity index (χ2n) is 6.24. The molecule has 31 heavy (non-hydrogen) atoms. The van der Waals surface area contributed by atoms with Gasteiger partial charge in [0, 0.05) is 0 Å². The lowest BCUT2D eigenvalue weighted by Gasteiger charge is -2.27. The van der Waals surface area contributed by atoms with Crippen molar-refractivity contribution in [3.63, 3.8) is 0 Å². The van der Waals surface area contributed by atoms with Crippen LogP contribution in [-0.4, -0.2) is 32.1 Å². The van der Waals surface area contributed by atoms with Crippen molar-refractivity contribution in [2.45, 2.75) is 6.18 Å². The molecule has 2 aromatic carbocycles. The highest BCUT2D eigenvalue weighted by Gasteiger charge is 2.39. The molecule has 162 valence electrons. The number of urea groups is 1. The van der Waals surface area contributed by atoms with Gasteiger partial charge >= 0.3 is 12.2 Å². The highest BCUT2D eigenvalue weighted by atomic mass is 35.5. The van der Waals surface area contributed by atoms with E-state index >= 15 is 0 Å². The van der Waals surface area contributed by atoms with Gasteiger partial charge in [0.2, 0.25) is 0 Å². The third-order valence-corrected chi connectivity index (χ3v) is 4.65. The molecule has 3 rings (SSSR count). The number of carbonyl (C=O) groups is 3. The Morgan fingerprint density at radius 1 is 1.00 bits per heavy atom. The van der Waals surface area contributed by atoms with Crippen LogP contribution in [0.4, 0.5) is 23.7 Å². The third-order valence-electron chi connectivity index (χ3n) is 4.33. The number of amides is 4. The highest BCUT2D eigenvalue weighted by Crippen LogP contribution is 2.37. The number of nitrogens with zero attached hydrogens (tertiary/aromatic N) is 1. The van der Waals surface area contributed by atoms with Crippen molar-refractivity contribution in [1.82, 2.24) is 5.32 Å². The number of methoxy groups -OCH3 is 2. The van der Waals surface area contributed by atoms with Gasteiger partial charge in [-0.2, -0.15) is 13.2 Å². The number of nitrogens with one attached hydrogen (secondary N) is 1. The van der Waals surface area contributed by atoms with Gasteiger partial charge in [0.1, 0.15) is 5.57 Å². The summed E-state index contributed by atoms with van der Waals surface area (Å²) in [6.45, 7) is 0. The minimum Gasteiger partial charge on any atom is -0.493 e. The normalized spacial score (nSPS) is 15.9. The number of barbiturate groups is 1. The number of hydrogen-bond acceptors (Lipinski definition) is 5. The predicted octanol–water partition coefficient (Wildman–Crippen LogP) is 4.04. The lowest BCUT2D eigenvalue weighted by atomic mass is 10.1. The predicted molar refractivity (Wildman–Crippen MR) is 105 cm³/mol. The van der Waals surface area contributed by atoms with Crippen molar-refractivity contribution in [3.05, 3.63) is 58.1 Å². The fourth-order valence-electron chi connectivity index (χ4n) is 2.85. The summed E-state index contributed by atoms with van der Waals surface area (Å²) in [5.74, 6) is -1.43. The summed E-state index contributed by atoms with van der Waals surface area (Å²) >= 11 is 5.95. The van der Waals surface area contributed by atoms with Gasteiger partial charge in [-0.3, -0.25) is 14.9 Å². The van der Waals surface area contributed by atoms with Crippen LogP contribution in [-0.2, 0) is 15.8 Å². The highest BCUT2D eigenvalue weighted by molar-refractivity contribution is 6.42. The van der Waals surface area contributed by atoms with Crippen LogP contribution in [0.3, 0.4) is 0 Å². The molecule has 1 saturated heterocycles. The molecule has 0 bridgehead atoms. The number of ether oxygens (including phenoxy) is 2. The Kier molecular flexibility index (Phi) is 5.94. The first kappa shape index (κ1) is 22.2. The molecule has 0 aromatic heterocycles. The van der Waals surface area contributed by atoms with Crippen LogP contribution in [0.2, 0.25) is 5.02 Å². The molecule has 0 spiro atoms. The average molecular weight is 455 g/mol. The van der Waals surface area contributed by atoms with Gasteiger partial charge in [-0.1, -0.05) is 17.7 Å². The molecule has 0 saturated carbocycles. The average Bonchev–Trinajstić information content (AvgIpc) is 2.71. The summed E-state index contributed by atoms with van der Waals surface area (Å²) < 4.78 is 49.5. The number of hydrogen-bond donors (Lipinski definition) is 1. The Bertz CT molecular complexity index is 1110. The van der Waals surface area contributed by atoms with Gasteiger partial charge in [0.25, 0.3) is 11.8 Å². The third kappa shape index (κ3) is 4.33. The largest absolute Gasteiger partial charge is 0.493 e. The van der Waals surface area contributed by atoms with E-state index in [2.05, 4.69) is 0 Å². The molecule has 0 aliphatic carbocycles. The maximum Gasteiger partial charge on any atom is 0.416 e. The molecule has 1 heterocycles. The van der Waals surface area contributed by atoms with E-state index in [1.807, 2.05) is 5.32 Å². The van der Waals surface area contributed by atoms with Gasteiger partial charge in [0.15, 0.2) is 11.5 Å². The summed E-state index contributed by atoms with van der Waals surface area (Å²) in [4.78, 5) is 37.9. The summed E-state index contributed by atoms with van der Waals surface area (Å²) in [7, 11) is 2.82. The second-order valence-corrected chi connectivity index (χ2v) is 6.64. The zero-order valence-electron chi connectivity index (χ0n) is 16.0. The van der Waals surface area contributed by atoms with Gasteiger partial charge < -0.3 is 9.47 Å². The summed E-state index contributed by atoms with van der Waals surface area (Å²) in [6.07, 6.45) is -3.57. The van der Waals surface area contributed by atoms with E-state index in [0.29, 0.717) is 34.1 Å². The van der Waals surface area contributed by atoms with Crippen LogP contribution < -0.4 is 19.7 Å². The number of halogens is 4. The Hall–Kier alpha value is -3.53.